The number of amides is 3. The molecule has 0 bridgehead atoms. The van der Waals surface area contributed by atoms with Crippen LogP contribution in [-0.2, 0) is 19.1 Å². The lowest BCUT2D eigenvalue weighted by atomic mass is 9.85. The Morgan fingerprint density at radius 1 is 0.981 bits per heavy atom. The number of nitrogens with zero attached hydrogens (tertiary/aromatic N) is 4. The SMILES string of the molecule is Cc1ncsc1-c1ccc([C@H](C)NC(=O)[C@@H]2C[C@@H](O)CN2C(=O)[C@@H](NC(=O)CC2CCN(c3ccc(C(=O)OC(C)(C)C)nc3)CC2)C(C)(C)C)cc1. The third kappa shape index (κ3) is 10.2. The van der Waals surface area contributed by atoms with E-state index >= 15 is 0 Å². The van der Waals surface area contributed by atoms with Gasteiger partial charge in [-0.3, -0.25) is 14.4 Å². The first-order valence-corrected chi connectivity index (χ1v) is 19.3. The first-order valence-electron chi connectivity index (χ1n) is 18.4. The fourth-order valence-electron chi connectivity index (χ4n) is 6.92. The quantitative estimate of drug-likeness (QED) is 0.230. The number of aliphatic hydroxyl groups excluding tert-OH is 1. The van der Waals surface area contributed by atoms with Crippen molar-refractivity contribution in [1.29, 1.82) is 0 Å². The predicted molar refractivity (Wildman–Crippen MR) is 205 cm³/mol. The van der Waals surface area contributed by atoms with E-state index in [-0.39, 0.29) is 54.8 Å². The fourth-order valence-corrected chi connectivity index (χ4v) is 7.73. The molecule has 4 atom stereocenters. The summed E-state index contributed by atoms with van der Waals surface area (Å²) in [4.78, 5) is 66.9. The molecule has 2 saturated heterocycles. The lowest BCUT2D eigenvalue weighted by Gasteiger charge is -2.36. The number of aromatic nitrogens is 2. The summed E-state index contributed by atoms with van der Waals surface area (Å²) in [6.45, 7) is 16.4. The van der Waals surface area contributed by atoms with Gasteiger partial charge in [-0.2, -0.15) is 0 Å². The van der Waals surface area contributed by atoms with Gasteiger partial charge in [0.05, 0.1) is 40.1 Å². The Labute approximate surface area is 316 Å². The van der Waals surface area contributed by atoms with Crippen molar-refractivity contribution in [2.24, 2.45) is 11.3 Å². The predicted octanol–water partition coefficient (Wildman–Crippen LogP) is 5.45. The lowest BCUT2D eigenvalue weighted by molar-refractivity contribution is -0.144. The second kappa shape index (κ2) is 16.3. The molecular formula is C40H54N6O6S. The Bertz CT molecular complexity index is 1760. The Morgan fingerprint density at radius 2 is 1.66 bits per heavy atom. The average molecular weight is 747 g/mol. The van der Waals surface area contributed by atoms with E-state index in [1.807, 2.05) is 91.2 Å². The van der Waals surface area contributed by atoms with E-state index in [1.54, 1.807) is 23.6 Å². The monoisotopic (exact) mass is 746 g/mol. The number of rotatable bonds is 10. The molecule has 0 saturated carbocycles. The number of likely N-dealkylation sites (tertiary alicyclic amines) is 1. The summed E-state index contributed by atoms with van der Waals surface area (Å²) in [7, 11) is 0. The van der Waals surface area contributed by atoms with E-state index in [9.17, 15) is 24.3 Å². The van der Waals surface area contributed by atoms with Crippen LogP contribution in [0, 0.1) is 18.3 Å². The zero-order valence-electron chi connectivity index (χ0n) is 32.1. The van der Waals surface area contributed by atoms with Gasteiger partial charge in [0.1, 0.15) is 23.4 Å². The number of nitrogens with one attached hydrogen (secondary N) is 2. The molecule has 1 aromatic carbocycles. The van der Waals surface area contributed by atoms with Crippen LogP contribution in [0.25, 0.3) is 10.4 Å². The summed E-state index contributed by atoms with van der Waals surface area (Å²) in [6.07, 6.45) is 2.78. The number of anilines is 1. The molecule has 2 aromatic heterocycles. The number of aliphatic hydroxyl groups is 1. The molecular weight excluding hydrogens is 693 g/mol. The lowest BCUT2D eigenvalue weighted by Crippen LogP contribution is -2.58. The van der Waals surface area contributed by atoms with Crippen molar-refractivity contribution in [1.82, 2.24) is 25.5 Å². The van der Waals surface area contributed by atoms with Crippen LogP contribution in [0.5, 0.6) is 0 Å². The summed E-state index contributed by atoms with van der Waals surface area (Å²) in [5.41, 5.74) is 4.68. The molecule has 0 unspecified atom stereocenters. The summed E-state index contributed by atoms with van der Waals surface area (Å²) >= 11 is 1.58. The van der Waals surface area contributed by atoms with Crippen molar-refractivity contribution in [2.45, 2.75) is 111 Å². The van der Waals surface area contributed by atoms with Gasteiger partial charge in [0, 0.05) is 32.5 Å². The zero-order valence-corrected chi connectivity index (χ0v) is 33.0. The minimum atomic E-state index is -0.884. The summed E-state index contributed by atoms with van der Waals surface area (Å²) in [5, 5.41) is 16.7. The molecule has 2 aliphatic rings. The number of β-amino-alcohol motifs (C(OH)–C–C–N with tert-alkyl or cyclic N) is 1. The van der Waals surface area contributed by atoms with Crippen LogP contribution < -0.4 is 15.5 Å². The third-order valence-corrected chi connectivity index (χ3v) is 10.8. The molecule has 0 radical (unpaired) electrons. The number of pyridine rings is 1. The van der Waals surface area contributed by atoms with Crippen LogP contribution >= 0.6 is 11.3 Å². The van der Waals surface area contributed by atoms with Crippen molar-refractivity contribution in [3.63, 3.8) is 0 Å². The summed E-state index contributed by atoms with van der Waals surface area (Å²) in [6, 6.07) is 9.44. The van der Waals surface area contributed by atoms with E-state index in [0.29, 0.717) is 0 Å². The highest BCUT2D eigenvalue weighted by Crippen LogP contribution is 2.31. The highest BCUT2D eigenvalue weighted by Gasteiger charge is 2.45. The number of carbonyl (C=O) groups excluding carboxylic acids is 4. The van der Waals surface area contributed by atoms with Gasteiger partial charge in [-0.1, -0.05) is 45.0 Å². The molecule has 0 spiro atoms. The van der Waals surface area contributed by atoms with E-state index in [0.717, 1.165) is 53.3 Å². The van der Waals surface area contributed by atoms with Crippen LogP contribution in [0.4, 0.5) is 5.69 Å². The molecule has 13 heteroatoms. The average Bonchev–Trinajstić information content (AvgIpc) is 3.71. The van der Waals surface area contributed by atoms with Crippen LogP contribution in [0.15, 0.2) is 48.1 Å². The van der Waals surface area contributed by atoms with Gasteiger partial charge in [-0.15, -0.1) is 11.3 Å². The van der Waals surface area contributed by atoms with E-state index in [2.05, 4.69) is 25.5 Å². The maximum atomic E-state index is 14.1. The van der Waals surface area contributed by atoms with Gasteiger partial charge in [0.2, 0.25) is 17.7 Å². The van der Waals surface area contributed by atoms with Crippen LogP contribution in [0.3, 0.4) is 0 Å². The van der Waals surface area contributed by atoms with Crippen molar-refractivity contribution in [3.05, 3.63) is 65.1 Å². The van der Waals surface area contributed by atoms with Gasteiger partial charge in [-0.25, -0.2) is 14.8 Å². The normalized spacial score (nSPS) is 19.4. The minimum absolute atomic E-state index is 0.0166. The number of hydrogen-bond donors (Lipinski definition) is 3. The number of ether oxygens (including phenoxy) is 1. The fraction of sp³-hybridized carbons (Fsp3) is 0.550. The standard InChI is InChI=1S/C40H54N6O6S/c1-24(27-9-11-28(12-10-27)34-25(2)42-23-53-34)43-36(49)32-20-30(47)22-46(32)37(50)35(39(3,4)5)44-33(48)19-26-15-17-45(18-16-26)29-13-14-31(41-21-29)38(51)52-40(6,7)8/h9-14,21,23-24,26,30,32,35,47H,15-20,22H2,1-8H3,(H,43,49)(H,44,48)/t24-,30+,32-,35+/m0/s1. The Hall–Kier alpha value is -4.36. The number of benzene rings is 1. The molecule has 5 rings (SSSR count). The molecule has 2 fully saturated rings. The molecule has 286 valence electrons. The molecule has 12 nitrogen and oxygen atoms in total. The molecule has 0 aliphatic carbocycles. The smallest absolute Gasteiger partial charge is 0.357 e. The topological polar surface area (TPSA) is 154 Å². The van der Waals surface area contributed by atoms with Crippen molar-refractivity contribution in [2.75, 3.05) is 24.5 Å². The Kier molecular flexibility index (Phi) is 12.3. The largest absolute Gasteiger partial charge is 0.455 e. The first kappa shape index (κ1) is 39.8. The van der Waals surface area contributed by atoms with Crippen molar-refractivity contribution in [3.8, 4) is 10.4 Å². The second-order valence-corrected chi connectivity index (χ2v) is 17.3. The van der Waals surface area contributed by atoms with Gasteiger partial charge in [0.15, 0.2) is 0 Å². The van der Waals surface area contributed by atoms with Crippen molar-refractivity contribution >= 4 is 40.7 Å². The molecule has 3 amide bonds. The molecule has 2 aliphatic heterocycles. The molecule has 4 heterocycles. The third-order valence-electron chi connectivity index (χ3n) is 9.87. The Morgan fingerprint density at radius 3 is 2.23 bits per heavy atom. The summed E-state index contributed by atoms with van der Waals surface area (Å²) in [5.74, 6) is -1.27. The first-order chi connectivity index (χ1) is 24.9. The zero-order chi connectivity index (χ0) is 38.7. The number of aryl methyl sites for hydroxylation is 1. The summed E-state index contributed by atoms with van der Waals surface area (Å²) < 4.78 is 5.41. The number of thiazole rings is 1. The number of hydrogen-bond acceptors (Lipinski definition) is 10. The minimum Gasteiger partial charge on any atom is -0.455 e. The van der Waals surface area contributed by atoms with Crippen LogP contribution in [0.2, 0.25) is 0 Å². The van der Waals surface area contributed by atoms with E-state index in [1.165, 1.54) is 4.90 Å². The van der Waals surface area contributed by atoms with E-state index < -0.39 is 35.2 Å². The molecule has 3 N–H and O–H groups in total. The van der Waals surface area contributed by atoms with Gasteiger partial charge in [-0.05, 0) is 82.1 Å². The highest BCUT2D eigenvalue weighted by atomic mass is 32.1. The van der Waals surface area contributed by atoms with Gasteiger partial charge in [0.25, 0.3) is 0 Å². The number of esters is 1. The highest BCUT2D eigenvalue weighted by molar-refractivity contribution is 7.13. The number of carbonyl (C=O) groups is 4. The second-order valence-electron chi connectivity index (χ2n) is 16.4. The Balaban J connectivity index is 1.15. The van der Waals surface area contributed by atoms with Crippen molar-refractivity contribution < 1.29 is 29.0 Å². The van der Waals surface area contributed by atoms with Gasteiger partial charge >= 0.3 is 5.97 Å². The van der Waals surface area contributed by atoms with Crippen LogP contribution in [-0.4, -0.2) is 87.1 Å². The molecule has 53 heavy (non-hydrogen) atoms. The maximum absolute atomic E-state index is 14.1. The van der Waals surface area contributed by atoms with Crippen LogP contribution in [0.1, 0.15) is 102 Å². The maximum Gasteiger partial charge on any atom is 0.357 e. The van der Waals surface area contributed by atoms with Gasteiger partial charge < -0.3 is 30.3 Å². The number of piperidine rings is 1. The van der Waals surface area contributed by atoms with E-state index in [4.69, 9.17) is 4.74 Å². The molecule has 3 aromatic rings.